The number of halogens is 2. The highest BCUT2D eigenvalue weighted by molar-refractivity contribution is 7.99. The molecule has 156 valence electrons. The lowest BCUT2D eigenvalue weighted by Gasteiger charge is -2.27. The van der Waals surface area contributed by atoms with Gasteiger partial charge in [0.1, 0.15) is 0 Å². The van der Waals surface area contributed by atoms with Crippen LogP contribution in [0.5, 0.6) is 0 Å². The van der Waals surface area contributed by atoms with Gasteiger partial charge in [-0.25, -0.2) is 0 Å². The SMILES string of the molecule is O=C(Nc1ccccc1CN1CCSCC1)c1ccc(-c2noc(C(F)F)n2)cc1. The molecule has 1 fully saturated rings. The van der Waals surface area contributed by atoms with E-state index in [1.807, 2.05) is 36.0 Å². The minimum Gasteiger partial charge on any atom is -0.333 e. The first-order chi connectivity index (χ1) is 14.6. The van der Waals surface area contributed by atoms with Gasteiger partial charge in [-0.05, 0) is 23.8 Å². The number of carbonyl (C=O) groups excluding carboxylic acids is 1. The number of aromatic nitrogens is 2. The third-order valence-electron chi connectivity index (χ3n) is 4.80. The maximum Gasteiger partial charge on any atom is 0.315 e. The predicted molar refractivity (Wildman–Crippen MR) is 112 cm³/mol. The molecule has 0 spiro atoms. The number of carbonyl (C=O) groups is 1. The fourth-order valence-electron chi connectivity index (χ4n) is 3.19. The lowest BCUT2D eigenvalue weighted by atomic mass is 10.1. The van der Waals surface area contributed by atoms with Crippen LogP contribution in [0, 0.1) is 0 Å². The Morgan fingerprint density at radius 3 is 2.57 bits per heavy atom. The molecule has 1 saturated heterocycles. The number of alkyl halides is 2. The van der Waals surface area contributed by atoms with Gasteiger partial charge in [0.2, 0.25) is 5.82 Å². The van der Waals surface area contributed by atoms with E-state index in [0.717, 1.165) is 42.4 Å². The van der Waals surface area contributed by atoms with E-state index in [4.69, 9.17) is 0 Å². The van der Waals surface area contributed by atoms with Crippen LogP contribution in [0.2, 0.25) is 0 Å². The molecule has 0 radical (unpaired) electrons. The highest BCUT2D eigenvalue weighted by atomic mass is 32.2. The number of hydrogen-bond acceptors (Lipinski definition) is 6. The maximum absolute atomic E-state index is 12.7. The monoisotopic (exact) mass is 430 g/mol. The van der Waals surface area contributed by atoms with Crippen LogP contribution in [-0.4, -0.2) is 45.5 Å². The summed E-state index contributed by atoms with van der Waals surface area (Å²) in [5.41, 5.74) is 2.79. The van der Waals surface area contributed by atoms with Crippen molar-refractivity contribution in [1.82, 2.24) is 15.0 Å². The molecule has 1 N–H and O–H groups in total. The van der Waals surface area contributed by atoms with Gasteiger partial charge in [0, 0.05) is 48.0 Å². The van der Waals surface area contributed by atoms with Crippen molar-refractivity contribution >= 4 is 23.4 Å². The summed E-state index contributed by atoms with van der Waals surface area (Å²) in [7, 11) is 0. The summed E-state index contributed by atoms with van der Waals surface area (Å²) in [6.45, 7) is 2.87. The number of benzene rings is 2. The van der Waals surface area contributed by atoms with Gasteiger partial charge < -0.3 is 9.84 Å². The largest absolute Gasteiger partial charge is 0.333 e. The van der Waals surface area contributed by atoms with E-state index in [-0.39, 0.29) is 11.7 Å². The predicted octanol–water partition coefficient (Wildman–Crippen LogP) is 4.48. The van der Waals surface area contributed by atoms with Crippen molar-refractivity contribution in [3.63, 3.8) is 0 Å². The summed E-state index contributed by atoms with van der Waals surface area (Å²) >= 11 is 1.96. The number of amides is 1. The fourth-order valence-corrected chi connectivity index (χ4v) is 4.17. The van der Waals surface area contributed by atoms with Crippen molar-refractivity contribution in [1.29, 1.82) is 0 Å². The molecule has 2 aromatic carbocycles. The normalized spacial score (nSPS) is 14.8. The molecule has 3 aromatic rings. The zero-order valence-electron chi connectivity index (χ0n) is 16.1. The lowest BCUT2D eigenvalue weighted by molar-refractivity contribution is 0.102. The topological polar surface area (TPSA) is 71.3 Å². The Hall–Kier alpha value is -2.78. The summed E-state index contributed by atoms with van der Waals surface area (Å²) in [4.78, 5) is 18.8. The number of nitrogens with one attached hydrogen (secondary N) is 1. The van der Waals surface area contributed by atoms with Gasteiger partial charge in [-0.1, -0.05) is 35.5 Å². The van der Waals surface area contributed by atoms with Crippen molar-refractivity contribution in [3.05, 3.63) is 65.5 Å². The van der Waals surface area contributed by atoms with Gasteiger partial charge in [0.25, 0.3) is 11.8 Å². The van der Waals surface area contributed by atoms with Crippen LogP contribution in [0.3, 0.4) is 0 Å². The molecule has 0 aliphatic carbocycles. The molecule has 0 saturated carbocycles. The number of hydrogen-bond donors (Lipinski definition) is 1. The van der Waals surface area contributed by atoms with Crippen LogP contribution in [-0.2, 0) is 6.54 Å². The van der Waals surface area contributed by atoms with Gasteiger partial charge in [-0.2, -0.15) is 25.5 Å². The molecule has 6 nitrogen and oxygen atoms in total. The molecule has 0 bridgehead atoms. The second kappa shape index (κ2) is 9.36. The van der Waals surface area contributed by atoms with Crippen molar-refractivity contribution in [2.24, 2.45) is 0 Å². The van der Waals surface area contributed by atoms with Crippen LogP contribution < -0.4 is 5.32 Å². The zero-order chi connectivity index (χ0) is 20.9. The molecule has 2 heterocycles. The first kappa shape index (κ1) is 20.5. The van der Waals surface area contributed by atoms with E-state index in [2.05, 4.69) is 24.9 Å². The second-order valence-corrected chi connectivity index (χ2v) is 8.06. The molecule has 1 aromatic heterocycles. The Balaban J connectivity index is 1.45. The number of nitrogens with zero attached hydrogens (tertiary/aromatic N) is 3. The summed E-state index contributed by atoms with van der Waals surface area (Å²) in [5.74, 6) is 1.34. The standard InChI is InChI=1S/C21H20F2N4O2S/c22-18(23)21-25-19(26-29-21)14-5-7-15(8-6-14)20(28)24-17-4-2-1-3-16(17)13-27-9-11-30-12-10-27/h1-8,18H,9-13H2,(H,24,28). The van der Waals surface area contributed by atoms with Crippen LogP contribution in [0.25, 0.3) is 11.4 Å². The first-order valence-corrected chi connectivity index (χ1v) is 10.7. The molecule has 4 rings (SSSR count). The van der Waals surface area contributed by atoms with Crippen LogP contribution in [0.15, 0.2) is 53.1 Å². The van der Waals surface area contributed by atoms with Gasteiger partial charge in [0.05, 0.1) is 0 Å². The van der Waals surface area contributed by atoms with E-state index in [0.29, 0.717) is 11.1 Å². The van der Waals surface area contributed by atoms with Gasteiger partial charge >= 0.3 is 6.43 Å². The Morgan fingerprint density at radius 2 is 1.87 bits per heavy atom. The Bertz CT molecular complexity index is 1000. The summed E-state index contributed by atoms with van der Waals surface area (Å²) < 4.78 is 29.7. The van der Waals surface area contributed by atoms with Gasteiger partial charge in [-0.3, -0.25) is 9.69 Å². The summed E-state index contributed by atoms with van der Waals surface area (Å²) in [6.07, 6.45) is -2.82. The minimum atomic E-state index is -2.82. The minimum absolute atomic E-state index is 0.0577. The highest BCUT2D eigenvalue weighted by Gasteiger charge is 2.18. The smallest absolute Gasteiger partial charge is 0.315 e. The number of para-hydroxylation sites is 1. The maximum atomic E-state index is 12.7. The average Bonchev–Trinajstić information content (AvgIpc) is 3.27. The average molecular weight is 430 g/mol. The zero-order valence-corrected chi connectivity index (χ0v) is 16.9. The third kappa shape index (κ3) is 4.85. The number of anilines is 1. The molecule has 30 heavy (non-hydrogen) atoms. The van der Waals surface area contributed by atoms with Crippen LogP contribution in [0.4, 0.5) is 14.5 Å². The van der Waals surface area contributed by atoms with E-state index >= 15 is 0 Å². The first-order valence-electron chi connectivity index (χ1n) is 9.52. The van der Waals surface area contributed by atoms with E-state index < -0.39 is 12.3 Å². The molecular formula is C21H20F2N4O2S. The third-order valence-corrected chi connectivity index (χ3v) is 5.74. The van der Waals surface area contributed by atoms with E-state index in [9.17, 15) is 13.6 Å². The molecule has 1 amide bonds. The molecule has 1 aliphatic rings. The summed E-state index contributed by atoms with van der Waals surface area (Å²) in [5, 5.41) is 6.52. The second-order valence-electron chi connectivity index (χ2n) is 6.83. The van der Waals surface area contributed by atoms with E-state index in [1.165, 1.54) is 0 Å². The van der Waals surface area contributed by atoms with Crippen LogP contribution in [0.1, 0.15) is 28.2 Å². The van der Waals surface area contributed by atoms with Crippen molar-refractivity contribution in [2.75, 3.05) is 29.9 Å². The van der Waals surface area contributed by atoms with Crippen molar-refractivity contribution in [2.45, 2.75) is 13.0 Å². The molecule has 9 heteroatoms. The number of rotatable bonds is 6. The quantitative estimate of drug-likeness (QED) is 0.622. The Labute approximate surface area is 176 Å². The lowest BCUT2D eigenvalue weighted by Crippen LogP contribution is -2.32. The summed E-state index contributed by atoms with van der Waals surface area (Å²) in [6, 6.07) is 14.2. The molecule has 0 atom stereocenters. The Kier molecular flexibility index (Phi) is 6.39. The number of thioether (sulfide) groups is 1. The molecule has 0 unspecified atom stereocenters. The van der Waals surface area contributed by atoms with Crippen molar-refractivity contribution in [3.8, 4) is 11.4 Å². The van der Waals surface area contributed by atoms with Crippen LogP contribution >= 0.6 is 11.8 Å². The van der Waals surface area contributed by atoms with Gasteiger partial charge in [0.15, 0.2) is 0 Å². The fraction of sp³-hybridized carbons (Fsp3) is 0.286. The molecule has 1 aliphatic heterocycles. The molecular weight excluding hydrogens is 410 g/mol. The van der Waals surface area contributed by atoms with E-state index in [1.54, 1.807) is 24.3 Å². The highest BCUT2D eigenvalue weighted by Crippen LogP contribution is 2.23. The van der Waals surface area contributed by atoms with Crippen molar-refractivity contribution < 1.29 is 18.1 Å². The van der Waals surface area contributed by atoms with Gasteiger partial charge in [-0.15, -0.1) is 0 Å². The Morgan fingerprint density at radius 1 is 1.13 bits per heavy atom.